The van der Waals surface area contributed by atoms with E-state index in [1.165, 1.54) is 0 Å². The van der Waals surface area contributed by atoms with E-state index in [0.717, 1.165) is 13.5 Å². The van der Waals surface area contributed by atoms with Crippen molar-refractivity contribution in [3.63, 3.8) is 0 Å². The van der Waals surface area contributed by atoms with Gasteiger partial charge in [-0.1, -0.05) is 24.3 Å². The summed E-state index contributed by atoms with van der Waals surface area (Å²) in [5.41, 5.74) is 0. The molecule has 0 spiro atoms. The van der Waals surface area contributed by atoms with Crippen LogP contribution in [0.1, 0.15) is 6.42 Å². The Balaban J connectivity index is -0.0000000182. The number of hydrogen-bond acceptors (Lipinski definition) is 4. The Kier molecular flexibility index (Phi) is 274. The summed E-state index contributed by atoms with van der Waals surface area (Å²) in [5.74, 6) is 0. The number of rotatable bonds is 0. The van der Waals surface area contributed by atoms with Crippen LogP contribution in [-0.4, -0.2) is 32.6 Å². The Bertz CT molecular complexity index is 101. The van der Waals surface area contributed by atoms with Crippen LogP contribution in [0, 0.1) is 7.43 Å². The molecule has 0 saturated heterocycles. The number of aliphatic hydroxyl groups excluding tert-OH is 1. The van der Waals surface area contributed by atoms with Crippen LogP contribution in [0.2, 0.25) is 0 Å². The molecular weight excluding hydrogens is 365 g/mol. The summed E-state index contributed by atoms with van der Waals surface area (Å²) in [6.45, 7) is 9.75. The van der Waals surface area contributed by atoms with Gasteiger partial charge in [0.2, 0.25) is 0 Å². The molecule has 0 aromatic heterocycles. The number of hydrogen-bond donors (Lipinski definition) is 1. The Morgan fingerprint density at radius 3 is 1.13 bits per heavy atom. The normalized spacial score (nSPS) is 7.07. The fourth-order valence-corrected chi connectivity index (χ4v) is 0.393. The molecule has 0 unspecified atom stereocenters. The fourth-order valence-electron chi connectivity index (χ4n) is 0.393. The predicted octanol–water partition coefficient (Wildman–Crippen LogP) is 0.736. The van der Waals surface area contributed by atoms with Crippen LogP contribution in [0.3, 0.4) is 0 Å². The average molecular weight is 381 g/mol. The molecule has 1 rings (SSSR count). The monoisotopic (exact) mass is 381 g/mol. The van der Waals surface area contributed by atoms with Crippen LogP contribution < -0.4 is 0 Å². The van der Waals surface area contributed by atoms with Gasteiger partial charge in [-0.3, -0.25) is 20.4 Å². The van der Waals surface area contributed by atoms with Gasteiger partial charge < -0.3 is 26.9 Å². The summed E-state index contributed by atoms with van der Waals surface area (Å²) in [4.78, 5) is 23.2. The minimum absolute atomic E-state index is 0. The quantitative estimate of drug-likeness (QED) is 0.496. The first-order chi connectivity index (χ1) is 6.50. The third-order valence-electron chi connectivity index (χ3n) is 0.655. The molecule has 0 atom stereocenters. The summed E-state index contributed by atoms with van der Waals surface area (Å²) in [6, 6.07) is 0. The van der Waals surface area contributed by atoms with Gasteiger partial charge in [0.15, 0.2) is 0 Å². The van der Waals surface area contributed by atoms with E-state index in [-0.39, 0.29) is 29.8 Å². The summed E-state index contributed by atoms with van der Waals surface area (Å²) in [5, 5.41) is 7.00. The zero-order valence-corrected chi connectivity index (χ0v) is 12.1. The molecule has 4 nitrogen and oxygen atoms in total. The minimum atomic E-state index is 0. The van der Waals surface area contributed by atoms with Crippen molar-refractivity contribution in [2.45, 2.75) is 6.42 Å². The van der Waals surface area contributed by atoms with E-state index in [0.29, 0.717) is 0 Å². The molecule has 1 aliphatic rings. The molecule has 0 saturated carbocycles. The van der Waals surface area contributed by atoms with Crippen molar-refractivity contribution in [2.24, 2.45) is 0 Å². The van der Waals surface area contributed by atoms with Gasteiger partial charge in [-0.15, -0.1) is 0 Å². The van der Waals surface area contributed by atoms with Crippen LogP contribution in [0.25, 0.3) is 0 Å². The SMILES string of the molecule is C1=CCC=C1.CO.[CH-]=O.[CH-]=O.[CH-]=O.[CH3-].[Ta]. The van der Waals surface area contributed by atoms with E-state index in [4.69, 9.17) is 19.5 Å². The largest absolute Gasteiger partial charge is 0.545 e. The van der Waals surface area contributed by atoms with Gasteiger partial charge in [0.1, 0.15) is 0 Å². The third kappa shape index (κ3) is 94.1. The molecule has 1 radical (unpaired) electrons. The number of carbonyl (C=O) groups excluding carboxylic acids is 3. The van der Waals surface area contributed by atoms with E-state index in [9.17, 15) is 0 Å². The zero-order chi connectivity index (χ0) is 11.5. The van der Waals surface area contributed by atoms with Crippen molar-refractivity contribution in [3.05, 3.63) is 31.7 Å². The molecule has 0 aromatic carbocycles. The molecule has 0 bridgehead atoms. The second-order valence-corrected chi connectivity index (χ2v) is 1.09. The molecule has 0 aliphatic heterocycles. The third-order valence-corrected chi connectivity index (χ3v) is 0.655. The Morgan fingerprint density at radius 1 is 0.867 bits per heavy atom. The summed E-state index contributed by atoms with van der Waals surface area (Å²) in [7, 11) is 1.00. The van der Waals surface area contributed by atoms with Crippen molar-refractivity contribution in [1.29, 1.82) is 0 Å². The van der Waals surface area contributed by atoms with Gasteiger partial charge in [0, 0.05) is 29.5 Å². The predicted molar refractivity (Wildman–Crippen MR) is 57.7 cm³/mol. The van der Waals surface area contributed by atoms with Gasteiger partial charge in [0.25, 0.3) is 0 Å². The van der Waals surface area contributed by atoms with Crippen LogP contribution in [0.4, 0.5) is 0 Å². The second kappa shape index (κ2) is 112. The van der Waals surface area contributed by atoms with Gasteiger partial charge in [0.05, 0.1) is 0 Å². The average Bonchev–Trinajstić information content (AvgIpc) is 2.87. The molecule has 0 heterocycles. The molecule has 0 fully saturated rings. The maximum Gasteiger partial charge on any atom is 0.0319 e. The van der Waals surface area contributed by atoms with Gasteiger partial charge in [-0.25, -0.2) is 0 Å². The number of aliphatic hydroxyl groups is 1. The van der Waals surface area contributed by atoms with Crippen molar-refractivity contribution < 1.29 is 41.9 Å². The molecule has 89 valence electrons. The topological polar surface area (TPSA) is 71.4 Å². The van der Waals surface area contributed by atoms with Crippen molar-refractivity contribution in [1.82, 2.24) is 0 Å². The number of allylic oxidation sites excluding steroid dienone is 4. The molecule has 1 N–H and O–H groups in total. The van der Waals surface area contributed by atoms with Crippen LogP contribution in [0.15, 0.2) is 24.3 Å². The summed E-state index contributed by atoms with van der Waals surface area (Å²) in [6.07, 6.45) is 9.50. The van der Waals surface area contributed by atoms with Crippen LogP contribution in [0.5, 0.6) is 0 Å². The van der Waals surface area contributed by atoms with E-state index in [1.54, 1.807) is 0 Å². The molecule has 0 aromatic rings. The first-order valence-electron chi connectivity index (χ1n) is 2.97. The van der Waals surface area contributed by atoms with Gasteiger partial charge in [-0.2, -0.15) is 0 Å². The smallest absolute Gasteiger partial charge is 0.0319 e. The Hall–Kier alpha value is -0.810. The van der Waals surface area contributed by atoms with E-state index < -0.39 is 0 Å². The van der Waals surface area contributed by atoms with Crippen molar-refractivity contribution in [2.75, 3.05) is 7.11 Å². The Morgan fingerprint density at radius 2 is 1.07 bits per heavy atom. The summed E-state index contributed by atoms with van der Waals surface area (Å²) >= 11 is 0. The van der Waals surface area contributed by atoms with E-state index in [1.807, 2.05) is 0 Å². The van der Waals surface area contributed by atoms with E-state index >= 15 is 0 Å². The van der Waals surface area contributed by atoms with Gasteiger partial charge in [-0.05, 0) is 6.42 Å². The maximum atomic E-state index is 7.75. The van der Waals surface area contributed by atoms with Crippen LogP contribution in [-0.2, 0) is 36.8 Å². The molecule has 1 aliphatic carbocycles. The van der Waals surface area contributed by atoms with Gasteiger partial charge >= 0.3 is 0 Å². The first kappa shape index (κ1) is 36.8. The Labute approximate surface area is 108 Å². The molecule has 15 heavy (non-hydrogen) atoms. The maximum absolute atomic E-state index is 7.75. The molecular formula is C10H16O4Ta-4. The second-order valence-electron chi connectivity index (χ2n) is 1.09. The standard InChI is InChI=1S/C5H6.CH4O.3CHO.CH3.Ta/c1-2-4-5-3-1;4*1-2;;/h1-4H,5H2;2H,1H3;3*1H;1H3;/q;;4*-1;. The fraction of sp³-hybridized carbons (Fsp3) is 0.200. The first-order valence-corrected chi connectivity index (χ1v) is 2.97. The van der Waals surface area contributed by atoms with Crippen molar-refractivity contribution in [3.8, 4) is 0 Å². The van der Waals surface area contributed by atoms with Crippen LogP contribution >= 0.6 is 0 Å². The van der Waals surface area contributed by atoms with E-state index in [2.05, 4.69) is 44.7 Å². The summed E-state index contributed by atoms with van der Waals surface area (Å²) < 4.78 is 0. The molecule has 5 heteroatoms. The molecule has 0 amide bonds. The zero-order valence-electron chi connectivity index (χ0n) is 8.87. The van der Waals surface area contributed by atoms with Crippen molar-refractivity contribution >= 4 is 20.4 Å². The minimum Gasteiger partial charge on any atom is -0.545 e.